The van der Waals surface area contributed by atoms with Crippen LogP contribution in [0.5, 0.6) is 0 Å². The van der Waals surface area contributed by atoms with Gasteiger partial charge in [0.15, 0.2) is 0 Å². The van der Waals surface area contributed by atoms with Crippen molar-refractivity contribution in [3.8, 4) is 0 Å². The molecule has 1 rings (SSSR count). The predicted octanol–water partition coefficient (Wildman–Crippen LogP) is 1.37. The Morgan fingerprint density at radius 3 is 3.08 bits per heavy atom. The van der Waals surface area contributed by atoms with E-state index in [0.29, 0.717) is 11.7 Å². The molecule has 0 radical (unpaired) electrons. The van der Waals surface area contributed by atoms with Gasteiger partial charge in [0.25, 0.3) is 0 Å². The van der Waals surface area contributed by atoms with Gasteiger partial charge >= 0.3 is 0 Å². The summed E-state index contributed by atoms with van der Waals surface area (Å²) in [5.41, 5.74) is 10.1. The summed E-state index contributed by atoms with van der Waals surface area (Å²) < 4.78 is 0. The van der Waals surface area contributed by atoms with Gasteiger partial charge in [-0.2, -0.15) is 5.10 Å². The van der Waals surface area contributed by atoms with Crippen LogP contribution in [-0.4, -0.2) is 11.8 Å². The number of nitrogens with one attached hydrogen (secondary N) is 1. The molecule has 0 amide bonds. The second kappa shape index (κ2) is 4.14. The number of hydrazone groups is 1. The zero-order valence-corrected chi connectivity index (χ0v) is 7.64. The van der Waals surface area contributed by atoms with Gasteiger partial charge in [0.05, 0.1) is 5.71 Å². The van der Waals surface area contributed by atoms with E-state index >= 15 is 0 Å². The number of hydrogen-bond acceptors (Lipinski definition) is 3. The maximum absolute atomic E-state index is 5.52. The van der Waals surface area contributed by atoms with Crippen LogP contribution in [0.1, 0.15) is 32.6 Å². The predicted molar refractivity (Wildman–Crippen MR) is 51.8 cm³/mol. The van der Waals surface area contributed by atoms with Crippen molar-refractivity contribution in [1.82, 2.24) is 5.43 Å². The summed E-state index contributed by atoms with van der Waals surface area (Å²) in [5, 5.41) is 4.11. The highest BCUT2D eigenvalue weighted by molar-refractivity contribution is 5.99. The van der Waals surface area contributed by atoms with Crippen LogP contribution in [0.15, 0.2) is 17.4 Å². The van der Waals surface area contributed by atoms with Crippen LogP contribution >= 0.6 is 0 Å². The van der Waals surface area contributed by atoms with Crippen molar-refractivity contribution in [3.05, 3.63) is 12.3 Å². The summed E-state index contributed by atoms with van der Waals surface area (Å²) >= 11 is 0. The molecule has 0 aromatic heterocycles. The molecule has 68 valence electrons. The van der Waals surface area contributed by atoms with Gasteiger partial charge in [0.2, 0.25) is 0 Å². The molecule has 12 heavy (non-hydrogen) atoms. The van der Waals surface area contributed by atoms with Crippen molar-refractivity contribution in [2.75, 3.05) is 0 Å². The molecule has 1 unspecified atom stereocenters. The van der Waals surface area contributed by atoms with E-state index in [0.717, 1.165) is 12.1 Å². The highest BCUT2D eigenvalue weighted by Crippen LogP contribution is 2.12. The first kappa shape index (κ1) is 9.10. The Morgan fingerprint density at radius 1 is 1.83 bits per heavy atom. The number of rotatable bonds is 4. The van der Waals surface area contributed by atoms with E-state index in [1.807, 2.05) is 0 Å². The Labute approximate surface area is 73.7 Å². The number of allylic oxidation sites excluding steroid dienone is 1. The van der Waals surface area contributed by atoms with Crippen LogP contribution in [0, 0.1) is 0 Å². The highest BCUT2D eigenvalue weighted by Gasteiger charge is 2.17. The fourth-order valence-electron chi connectivity index (χ4n) is 1.31. The van der Waals surface area contributed by atoms with Crippen LogP contribution in [0.2, 0.25) is 0 Å². The Hall–Kier alpha value is -0.990. The molecule has 3 N–H and O–H groups in total. The van der Waals surface area contributed by atoms with Crippen molar-refractivity contribution in [2.24, 2.45) is 10.8 Å². The molecular formula is C9H17N3. The van der Waals surface area contributed by atoms with Gasteiger partial charge in [-0.05, 0) is 6.42 Å². The fraction of sp³-hybridized carbons (Fsp3) is 0.667. The number of unbranched alkanes of at least 4 members (excludes halogenated alkanes) is 1. The third-order valence-corrected chi connectivity index (χ3v) is 2.10. The lowest BCUT2D eigenvalue weighted by molar-refractivity contribution is 0.518. The number of nitrogens with two attached hydrogens (primary N) is 1. The average molecular weight is 167 g/mol. The van der Waals surface area contributed by atoms with Crippen molar-refractivity contribution in [1.29, 1.82) is 0 Å². The largest absolute Gasteiger partial charge is 0.398 e. The molecule has 3 nitrogen and oxygen atoms in total. The molecule has 1 heterocycles. The standard InChI is InChI=1S/C9H17N3/c1-3-4-5-8-6-9(7(2)10)12-11-8/h8,11H,2-6,10H2,1H3. The molecule has 0 aliphatic carbocycles. The summed E-state index contributed by atoms with van der Waals surface area (Å²) in [6.07, 6.45) is 4.60. The molecule has 0 aromatic rings. The fourth-order valence-corrected chi connectivity index (χ4v) is 1.31. The maximum atomic E-state index is 5.52. The van der Waals surface area contributed by atoms with Gasteiger partial charge in [-0.1, -0.05) is 26.3 Å². The molecule has 0 saturated heterocycles. The van der Waals surface area contributed by atoms with E-state index in [9.17, 15) is 0 Å². The number of nitrogens with zero attached hydrogens (tertiary/aromatic N) is 1. The van der Waals surface area contributed by atoms with Gasteiger partial charge < -0.3 is 11.2 Å². The van der Waals surface area contributed by atoms with Crippen molar-refractivity contribution >= 4 is 5.71 Å². The SMILES string of the molecule is C=C(N)C1=NNC(CCCC)C1. The Morgan fingerprint density at radius 2 is 2.58 bits per heavy atom. The molecule has 0 aromatic carbocycles. The summed E-state index contributed by atoms with van der Waals surface area (Å²) in [4.78, 5) is 0. The van der Waals surface area contributed by atoms with Crippen LogP contribution < -0.4 is 11.2 Å². The third-order valence-electron chi connectivity index (χ3n) is 2.10. The molecule has 1 aliphatic rings. The van der Waals surface area contributed by atoms with Gasteiger partial charge in [-0.25, -0.2) is 0 Å². The normalized spacial score (nSPS) is 21.8. The smallest absolute Gasteiger partial charge is 0.0846 e. The first-order chi connectivity index (χ1) is 5.74. The molecule has 1 atom stereocenters. The van der Waals surface area contributed by atoms with Crippen LogP contribution in [0.25, 0.3) is 0 Å². The average Bonchev–Trinajstić information content (AvgIpc) is 2.48. The zero-order chi connectivity index (χ0) is 8.97. The molecule has 0 bridgehead atoms. The molecule has 0 fully saturated rings. The molecule has 0 spiro atoms. The minimum Gasteiger partial charge on any atom is -0.398 e. The Kier molecular flexibility index (Phi) is 3.14. The highest BCUT2D eigenvalue weighted by atomic mass is 15.3. The zero-order valence-electron chi connectivity index (χ0n) is 7.64. The summed E-state index contributed by atoms with van der Waals surface area (Å²) in [6.45, 7) is 5.85. The molecule has 1 aliphatic heterocycles. The van der Waals surface area contributed by atoms with E-state index in [1.165, 1.54) is 19.3 Å². The summed E-state index contributed by atoms with van der Waals surface area (Å²) in [7, 11) is 0. The summed E-state index contributed by atoms with van der Waals surface area (Å²) in [5.74, 6) is 0. The Balaban J connectivity index is 2.27. The molecular weight excluding hydrogens is 150 g/mol. The maximum Gasteiger partial charge on any atom is 0.0846 e. The Bertz CT molecular complexity index is 196. The van der Waals surface area contributed by atoms with E-state index in [4.69, 9.17) is 5.73 Å². The minimum absolute atomic E-state index is 0.486. The second-order valence-corrected chi connectivity index (χ2v) is 3.26. The number of hydrogen-bond donors (Lipinski definition) is 2. The van der Waals surface area contributed by atoms with Gasteiger partial charge in [0, 0.05) is 18.2 Å². The van der Waals surface area contributed by atoms with Gasteiger partial charge in [-0.15, -0.1) is 0 Å². The van der Waals surface area contributed by atoms with E-state index in [1.54, 1.807) is 0 Å². The van der Waals surface area contributed by atoms with E-state index < -0.39 is 0 Å². The van der Waals surface area contributed by atoms with Gasteiger partial charge in [-0.3, -0.25) is 0 Å². The topological polar surface area (TPSA) is 50.4 Å². The van der Waals surface area contributed by atoms with Crippen LogP contribution in [0.3, 0.4) is 0 Å². The van der Waals surface area contributed by atoms with E-state index in [2.05, 4.69) is 24.0 Å². The van der Waals surface area contributed by atoms with Crippen LogP contribution in [0.4, 0.5) is 0 Å². The first-order valence-electron chi connectivity index (χ1n) is 4.51. The lowest BCUT2D eigenvalue weighted by Gasteiger charge is -2.07. The van der Waals surface area contributed by atoms with E-state index in [-0.39, 0.29) is 0 Å². The summed E-state index contributed by atoms with van der Waals surface area (Å²) in [6, 6.07) is 0.486. The van der Waals surface area contributed by atoms with Gasteiger partial charge in [0.1, 0.15) is 0 Å². The lowest BCUT2D eigenvalue weighted by atomic mass is 10.0. The van der Waals surface area contributed by atoms with Crippen LogP contribution in [-0.2, 0) is 0 Å². The lowest BCUT2D eigenvalue weighted by Crippen LogP contribution is -2.19. The third kappa shape index (κ3) is 2.26. The quantitative estimate of drug-likeness (QED) is 0.664. The second-order valence-electron chi connectivity index (χ2n) is 3.26. The molecule has 0 saturated carbocycles. The molecule has 3 heteroatoms. The van der Waals surface area contributed by atoms with Crippen molar-refractivity contribution in [2.45, 2.75) is 38.6 Å². The minimum atomic E-state index is 0.486. The monoisotopic (exact) mass is 167 g/mol. The van der Waals surface area contributed by atoms with Crippen molar-refractivity contribution in [3.63, 3.8) is 0 Å². The first-order valence-corrected chi connectivity index (χ1v) is 4.51. The van der Waals surface area contributed by atoms with Crippen molar-refractivity contribution < 1.29 is 0 Å².